The molecule has 238 valence electrons. The fraction of sp³-hybridized carbons (Fsp3) is 0.0714. The molecule has 4 aromatic carbocycles. The van der Waals surface area contributed by atoms with E-state index in [9.17, 15) is 14.3 Å². The first-order valence-electron chi connectivity index (χ1n) is 16.1. The van der Waals surface area contributed by atoms with Crippen molar-refractivity contribution in [2.24, 2.45) is 5.92 Å². The van der Waals surface area contributed by atoms with Crippen molar-refractivity contribution in [3.63, 3.8) is 0 Å². The molecule has 0 spiro atoms. The summed E-state index contributed by atoms with van der Waals surface area (Å²) in [5.74, 6) is -1.25. The van der Waals surface area contributed by atoms with Gasteiger partial charge in [-0.1, -0.05) is 97.1 Å². The number of carboxylic acids is 1. The molecule has 3 aromatic heterocycles. The van der Waals surface area contributed by atoms with Crippen molar-refractivity contribution in [3.05, 3.63) is 187 Å². The standard InChI is InChI=1S/C42H31FN4O2/c43-36-23-20-30(21-24-36)40-37(32-22-25-39-44-26-38(46(39)27-32)29-16-18-31(19-17-29)41(48)49)28-47(45-40)42(33-10-4-1-5-11-33,34-12-6-2-7-13-34)35-14-8-3-9-15-35/h1-14,16-28,35H,15H2,(H,48,49). The first-order valence-corrected chi connectivity index (χ1v) is 16.1. The Bertz CT molecular complexity index is 2300. The highest BCUT2D eigenvalue weighted by Gasteiger charge is 2.44. The Morgan fingerprint density at radius 3 is 2.04 bits per heavy atom. The van der Waals surface area contributed by atoms with E-state index in [1.54, 1.807) is 42.6 Å². The van der Waals surface area contributed by atoms with E-state index in [4.69, 9.17) is 5.10 Å². The minimum absolute atomic E-state index is 0.0348. The van der Waals surface area contributed by atoms with E-state index in [1.165, 1.54) is 12.1 Å². The van der Waals surface area contributed by atoms with Gasteiger partial charge in [-0.05, 0) is 66.1 Å². The SMILES string of the molecule is O=C(O)c1ccc(-c2cnc3ccc(-c4cn(C(c5ccccc5)(c5ccccc5)C5C=CC=CC5)nc4-c4ccc(F)cc4)cn23)cc1. The second kappa shape index (κ2) is 12.4. The lowest BCUT2D eigenvalue weighted by molar-refractivity contribution is 0.0697. The molecule has 0 fully saturated rings. The number of benzene rings is 4. The molecule has 7 heteroatoms. The molecule has 0 amide bonds. The van der Waals surface area contributed by atoms with Gasteiger partial charge in [0.2, 0.25) is 0 Å². The zero-order valence-electron chi connectivity index (χ0n) is 26.4. The molecule has 0 saturated carbocycles. The number of rotatable bonds is 8. The molecule has 0 radical (unpaired) electrons. The van der Waals surface area contributed by atoms with Crippen molar-refractivity contribution in [1.82, 2.24) is 19.2 Å². The van der Waals surface area contributed by atoms with Crippen LogP contribution in [0.15, 0.2) is 164 Å². The van der Waals surface area contributed by atoms with Gasteiger partial charge in [0.15, 0.2) is 0 Å². The van der Waals surface area contributed by atoms with Crippen LogP contribution in [0.2, 0.25) is 0 Å². The number of hydrogen-bond donors (Lipinski definition) is 1. The first kappa shape index (κ1) is 30.0. The van der Waals surface area contributed by atoms with E-state index >= 15 is 0 Å². The second-order valence-electron chi connectivity index (χ2n) is 12.2. The summed E-state index contributed by atoms with van der Waals surface area (Å²) < 4.78 is 18.3. The van der Waals surface area contributed by atoms with E-state index in [0.717, 1.165) is 56.8 Å². The minimum Gasteiger partial charge on any atom is -0.478 e. The van der Waals surface area contributed by atoms with Crippen LogP contribution in [0.4, 0.5) is 4.39 Å². The fourth-order valence-electron chi connectivity index (χ4n) is 7.03. The zero-order chi connectivity index (χ0) is 33.4. The predicted octanol–water partition coefficient (Wildman–Crippen LogP) is 9.29. The average Bonchev–Trinajstić information content (AvgIpc) is 3.79. The summed E-state index contributed by atoms with van der Waals surface area (Å²) in [6.07, 6.45) is 15.4. The predicted molar refractivity (Wildman–Crippen MR) is 190 cm³/mol. The van der Waals surface area contributed by atoms with Crippen LogP contribution in [0.3, 0.4) is 0 Å². The van der Waals surface area contributed by atoms with Crippen LogP contribution in [0.1, 0.15) is 27.9 Å². The van der Waals surface area contributed by atoms with Crippen LogP contribution in [-0.2, 0) is 5.54 Å². The molecule has 0 aliphatic heterocycles. The lowest BCUT2D eigenvalue weighted by Crippen LogP contribution is -2.43. The lowest BCUT2D eigenvalue weighted by atomic mass is 9.70. The van der Waals surface area contributed by atoms with Crippen molar-refractivity contribution >= 4 is 11.6 Å². The van der Waals surface area contributed by atoms with Crippen LogP contribution in [0, 0.1) is 11.7 Å². The number of imidazole rings is 1. The Hall–Kier alpha value is -6.34. The van der Waals surface area contributed by atoms with Crippen LogP contribution in [-0.4, -0.2) is 30.2 Å². The lowest BCUT2D eigenvalue weighted by Gasteiger charge is -2.41. The number of allylic oxidation sites excluding steroid dienone is 4. The number of fused-ring (bicyclic) bond motifs is 1. The van der Waals surface area contributed by atoms with Crippen molar-refractivity contribution in [1.29, 1.82) is 0 Å². The number of aromatic carboxylic acids is 1. The van der Waals surface area contributed by atoms with E-state index in [0.29, 0.717) is 0 Å². The molecule has 1 N–H and O–H groups in total. The highest BCUT2D eigenvalue weighted by atomic mass is 19.1. The van der Waals surface area contributed by atoms with Crippen molar-refractivity contribution in [2.45, 2.75) is 12.0 Å². The molecule has 8 rings (SSSR count). The second-order valence-corrected chi connectivity index (χ2v) is 12.2. The first-order chi connectivity index (χ1) is 24.0. The number of pyridine rings is 1. The summed E-state index contributed by atoms with van der Waals surface area (Å²) in [6.45, 7) is 0. The Balaban J connectivity index is 1.38. The van der Waals surface area contributed by atoms with Gasteiger partial charge in [0.25, 0.3) is 0 Å². The molecule has 1 unspecified atom stereocenters. The van der Waals surface area contributed by atoms with Gasteiger partial charge < -0.3 is 5.11 Å². The average molecular weight is 643 g/mol. The molecule has 3 heterocycles. The maximum absolute atomic E-state index is 14.2. The quantitative estimate of drug-likeness (QED) is 0.179. The van der Waals surface area contributed by atoms with Crippen molar-refractivity contribution in [3.8, 4) is 33.6 Å². The summed E-state index contributed by atoms with van der Waals surface area (Å²) >= 11 is 0. The Kier molecular flexibility index (Phi) is 7.57. The number of hydrogen-bond acceptors (Lipinski definition) is 3. The van der Waals surface area contributed by atoms with E-state index < -0.39 is 11.5 Å². The molecule has 7 aromatic rings. The summed E-state index contributed by atoms with van der Waals surface area (Å²) in [5, 5.41) is 14.8. The maximum atomic E-state index is 14.2. The van der Waals surface area contributed by atoms with Crippen LogP contribution >= 0.6 is 0 Å². The molecule has 1 aliphatic rings. The Labute approximate surface area is 282 Å². The Morgan fingerprint density at radius 2 is 1.41 bits per heavy atom. The molecule has 1 aliphatic carbocycles. The summed E-state index contributed by atoms with van der Waals surface area (Å²) in [5.41, 5.74) is 7.41. The van der Waals surface area contributed by atoms with E-state index in [2.05, 4.69) is 88.7 Å². The van der Waals surface area contributed by atoms with Crippen molar-refractivity contribution in [2.75, 3.05) is 0 Å². The van der Waals surface area contributed by atoms with Gasteiger partial charge in [-0.3, -0.25) is 9.08 Å². The minimum atomic E-state index is -0.973. The smallest absolute Gasteiger partial charge is 0.335 e. The van der Waals surface area contributed by atoms with Gasteiger partial charge in [0.05, 0.1) is 17.5 Å². The third-order valence-electron chi connectivity index (χ3n) is 9.38. The largest absolute Gasteiger partial charge is 0.478 e. The number of aromatic nitrogens is 4. The number of halogens is 1. The molecular formula is C42H31FN4O2. The summed E-state index contributed by atoms with van der Waals surface area (Å²) in [4.78, 5) is 16.1. The number of nitrogens with zero attached hydrogens (tertiary/aromatic N) is 4. The van der Waals surface area contributed by atoms with Crippen LogP contribution in [0.25, 0.3) is 39.3 Å². The fourth-order valence-corrected chi connectivity index (χ4v) is 7.03. The molecule has 1 atom stereocenters. The highest BCUT2D eigenvalue weighted by molar-refractivity contribution is 5.88. The number of carboxylic acid groups (broad SMARTS) is 1. The van der Waals surface area contributed by atoms with Gasteiger partial charge in [-0.25, -0.2) is 14.2 Å². The van der Waals surface area contributed by atoms with Crippen LogP contribution in [0.5, 0.6) is 0 Å². The molecule has 0 bridgehead atoms. The van der Waals surface area contributed by atoms with Gasteiger partial charge in [0.1, 0.15) is 22.7 Å². The zero-order valence-corrected chi connectivity index (χ0v) is 26.4. The topological polar surface area (TPSA) is 72.4 Å². The molecular weight excluding hydrogens is 611 g/mol. The Morgan fingerprint density at radius 1 is 0.755 bits per heavy atom. The molecule has 6 nitrogen and oxygen atoms in total. The summed E-state index contributed by atoms with van der Waals surface area (Å²) in [7, 11) is 0. The van der Waals surface area contributed by atoms with Gasteiger partial charge >= 0.3 is 5.97 Å². The molecule has 49 heavy (non-hydrogen) atoms. The maximum Gasteiger partial charge on any atom is 0.335 e. The van der Waals surface area contributed by atoms with Gasteiger partial charge in [-0.2, -0.15) is 5.10 Å². The monoisotopic (exact) mass is 642 g/mol. The highest BCUT2D eigenvalue weighted by Crippen LogP contribution is 2.46. The third-order valence-corrected chi connectivity index (χ3v) is 9.38. The summed E-state index contributed by atoms with van der Waals surface area (Å²) in [6, 6.07) is 38.2. The van der Waals surface area contributed by atoms with Gasteiger partial charge in [-0.15, -0.1) is 0 Å². The number of carbonyl (C=O) groups is 1. The molecule has 0 saturated heterocycles. The third kappa shape index (κ3) is 5.26. The van der Waals surface area contributed by atoms with Crippen LogP contribution < -0.4 is 0 Å². The van der Waals surface area contributed by atoms with E-state index in [-0.39, 0.29) is 17.3 Å². The normalized spacial score (nSPS) is 14.3. The van der Waals surface area contributed by atoms with Crippen molar-refractivity contribution < 1.29 is 14.3 Å². The van der Waals surface area contributed by atoms with E-state index in [1.807, 2.05) is 34.9 Å². The van der Waals surface area contributed by atoms with Gasteiger partial charge in [0, 0.05) is 40.6 Å².